The Morgan fingerprint density at radius 1 is 1.26 bits per heavy atom. The molecule has 0 radical (unpaired) electrons. The summed E-state index contributed by atoms with van der Waals surface area (Å²) in [5.41, 5.74) is 1.03. The molecule has 4 rings (SSSR count). The maximum Gasteiger partial charge on any atom is 0.230 e. The van der Waals surface area contributed by atoms with Gasteiger partial charge in [0.05, 0.1) is 18.6 Å². The van der Waals surface area contributed by atoms with Crippen LogP contribution in [-0.4, -0.2) is 28.9 Å². The molecule has 4 nitrogen and oxygen atoms in total. The highest BCUT2D eigenvalue weighted by molar-refractivity contribution is 7.09. The van der Waals surface area contributed by atoms with Crippen molar-refractivity contribution in [3.05, 3.63) is 46.4 Å². The van der Waals surface area contributed by atoms with E-state index in [2.05, 4.69) is 9.88 Å². The van der Waals surface area contributed by atoms with E-state index in [0.717, 1.165) is 42.1 Å². The van der Waals surface area contributed by atoms with Crippen molar-refractivity contribution in [3.8, 4) is 5.75 Å². The predicted octanol–water partition coefficient (Wildman–Crippen LogP) is 3.76. The average molecular weight is 328 g/mol. The number of carbonyl (C=O) groups is 1. The Hall–Kier alpha value is -1.88. The Balaban J connectivity index is 1.63. The lowest BCUT2D eigenvalue weighted by atomic mass is 9.90. The number of fused-ring (bicyclic) bond motifs is 1. The molecule has 0 aliphatic carbocycles. The van der Waals surface area contributed by atoms with Crippen molar-refractivity contribution in [3.63, 3.8) is 0 Å². The molecular formula is C18H20N2O2S. The Bertz CT molecular complexity index is 686. The number of ether oxygens (including phenoxy) is 1. The minimum absolute atomic E-state index is 0.0829. The number of hydrogen-bond acceptors (Lipinski definition) is 4. The third-order valence-electron chi connectivity index (χ3n) is 4.78. The van der Waals surface area contributed by atoms with Crippen molar-refractivity contribution < 1.29 is 9.53 Å². The highest BCUT2D eigenvalue weighted by Crippen LogP contribution is 2.39. The zero-order chi connectivity index (χ0) is 15.6. The second-order valence-electron chi connectivity index (χ2n) is 6.14. The van der Waals surface area contributed by atoms with Crippen LogP contribution in [0.4, 0.5) is 0 Å². The quantitative estimate of drug-likeness (QED) is 0.843. The Morgan fingerprint density at radius 2 is 2.17 bits per heavy atom. The van der Waals surface area contributed by atoms with E-state index in [0.29, 0.717) is 6.61 Å². The van der Waals surface area contributed by atoms with Crippen molar-refractivity contribution in [1.82, 2.24) is 9.88 Å². The molecule has 2 aliphatic rings. The van der Waals surface area contributed by atoms with Gasteiger partial charge < -0.3 is 9.64 Å². The minimum atomic E-state index is -0.0829. The average Bonchev–Trinajstić information content (AvgIpc) is 3.15. The van der Waals surface area contributed by atoms with Crippen molar-refractivity contribution in [2.24, 2.45) is 0 Å². The third kappa shape index (κ3) is 2.74. The molecular weight excluding hydrogens is 308 g/mol. The Labute approximate surface area is 140 Å². The van der Waals surface area contributed by atoms with Gasteiger partial charge in [0.25, 0.3) is 0 Å². The summed E-state index contributed by atoms with van der Waals surface area (Å²) in [7, 11) is 0. The number of amides is 1. The van der Waals surface area contributed by atoms with Crippen LogP contribution in [0.1, 0.15) is 48.2 Å². The van der Waals surface area contributed by atoms with Crippen molar-refractivity contribution in [1.29, 1.82) is 0 Å². The number of rotatable bonds is 2. The lowest BCUT2D eigenvalue weighted by molar-refractivity contribution is -0.137. The summed E-state index contributed by atoms with van der Waals surface area (Å²) in [4.78, 5) is 19.8. The highest BCUT2D eigenvalue weighted by atomic mass is 32.1. The van der Waals surface area contributed by atoms with Crippen molar-refractivity contribution in [2.75, 3.05) is 13.2 Å². The summed E-state index contributed by atoms with van der Waals surface area (Å²) in [5, 5.41) is 3.06. The molecule has 3 heterocycles. The first-order chi connectivity index (χ1) is 11.3. The van der Waals surface area contributed by atoms with Crippen molar-refractivity contribution in [2.45, 2.75) is 37.6 Å². The van der Waals surface area contributed by atoms with Gasteiger partial charge in [-0.3, -0.25) is 4.79 Å². The molecule has 0 N–H and O–H groups in total. The molecule has 1 aromatic carbocycles. The highest BCUT2D eigenvalue weighted by Gasteiger charge is 2.36. The molecule has 5 heteroatoms. The van der Waals surface area contributed by atoms with E-state index < -0.39 is 0 Å². The summed E-state index contributed by atoms with van der Waals surface area (Å²) in [6, 6.07) is 8.09. The fraction of sp³-hybridized carbons (Fsp3) is 0.444. The smallest absolute Gasteiger partial charge is 0.230 e. The van der Waals surface area contributed by atoms with Crippen LogP contribution in [-0.2, 0) is 4.79 Å². The first-order valence-electron chi connectivity index (χ1n) is 8.26. The molecule has 1 amide bonds. The molecule has 1 fully saturated rings. The molecule has 1 aromatic heterocycles. The molecule has 0 spiro atoms. The van der Waals surface area contributed by atoms with Crippen molar-refractivity contribution >= 4 is 17.2 Å². The van der Waals surface area contributed by atoms with Crippen LogP contribution in [0.3, 0.4) is 0 Å². The number of hydrogen-bond donors (Lipinski definition) is 0. The lowest BCUT2D eigenvalue weighted by Crippen LogP contribution is -2.42. The second kappa shape index (κ2) is 6.32. The predicted molar refractivity (Wildman–Crippen MR) is 89.7 cm³/mol. The first-order valence-corrected chi connectivity index (χ1v) is 9.14. The van der Waals surface area contributed by atoms with E-state index in [-0.39, 0.29) is 17.9 Å². The molecule has 120 valence electrons. The van der Waals surface area contributed by atoms with Gasteiger partial charge in [0.1, 0.15) is 10.8 Å². The third-order valence-corrected chi connectivity index (χ3v) is 5.66. The first kappa shape index (κ1) is 14.7. The number of likely N-dealkylation sites (tertiary alicyclic amines) is 1. The standard InChI is InChI=1S/C18H20N2O2S/c21-18(14-8-11-22-16-7-2-1-5-13(14)16)20-10-4-3-6-15(20)17-19-9-12-23-17/h1-2,5,7,9,12,14-15H,3-4,6,8,10-11H2. The molecule has 2 unspecified atom stereocenters. The van der Waals surface area contributed by atoms with Crippen LogP contribution in [0.5, 0.6) is 5.75 Å². The zero-order valence-corrected chi connectivity index (χ0v) is 13.8. The summed E-state index contributed by atoms with van der Waals surface area (Å²) in [6.07, 6.45) is 5.86. The number of nitrogens with zero attached hydrogens (tertiary/aromatic N) is 2. The summed E-state index contributed by atoms with van der Waals surface area (Å²) >= 11 is 1.65. The summed E-state index contributed by atoms with van der Waals surface area (Å²) < 4.78 is 5.71. The SMILES string of the molecule is O=C(C1CCOc2ccccc21)N1CCCCC1c1nccs1. The maximum absolute atomic E-state index is 13.3. The van der Waals surface area contributed by atoms with E-state index in [9.17, 15) is 4.79 Å². The van der Waals surface area contributed by atoms with Crippen LogP contribution in [0.2, 0.25) is 0 Å². The monoisotopic (exact) mass is 328 g/mol. The number of para-hydroxylation sites is 1. The maximum atomic E-state index is 13.3. The molecule has 0 saturated carbocycles. The number of carbonyl (C=O) groups excluding carboxylic acids is 1. The van der Waals surface area contributed by atoms with Gasteiger partial charge in [-0.15, -0.1) is 11.3 Å². The van der Waals surface area contributed by atoms with Crippen LogP contribution < -0.4 is 4.74 Å². The summed E-state index contributed by atoms with van der Waals surface area (Å²) in [5.74, 6) is 1.01. The Kier molecular flexibility index (Phi) is 4.04. The molecule has 2 aromatic rings. The van der Waals surface area contributed by atoms with Gasteiger partial charge in [-0.2, -0.15) is 0 Å². The fourth-order valence-corrected chi connectivity index (χ4v) is 4.43. The summed E-state index contributed by atoms with van der Waals surface area (Å²) in [6.45, 7) is 1.45. The van der Waals surface area contributed by atoms with E-state index in [4.69, 9.17) is 4.74 Å². The molecule has 23 heavy (non-hydrogen) atoms. The lowest BCUT2D eigenvalue weighted by Gasteiger charge is -2.38. The largest absolute Gasteiger partial charge is 0.493 e. The van der Waals surface area contributed by atoms with E-state index in [1.54, 1.807) is 11.3 Å². The molecule has 1 saturated heterocycles. The van der Waals surface area contributed by atoms with Crippen LogP contribution in [0.25, 0.3) is 0 Å². The van der Waals surface area contributed by atoms with Gasteiger partial charge >= 0.3 is 0 Å². The van der Waals surface area contributed by atoms with E-state index >= 15 is 0 Å². The molecule has 2 aliphatic heterocycles. The van der Waals surface area contributed by atoms with Gasteiger partial charge in [0.2, 0.25) is 5.91 Å². The number of piperidine rings is 1. The number of benzene rings is 1. The minimum Gasteiger partial charge on any atom is -0.493 e. The zero-order valence-electron chi connectivity index (χ0n) is 13.0. The van der Waals surface area contributed by atoms with E-state index in [1.165, 1.54) is 6.42 Å². The van der Waals surface area contributed by atoms with Crippen LogP contribution >= 0.6 is 11.3 Å². The van der Waals surface area contributed by atoms with Gasteiger partial charge in [0, 0.05) is 23.7 Å². The normalized spacial score (nSPS) is 23.9. The topological polar surface area (TPSA) is 42.4 Å². The van der Waals surface area contributed by atoms with Gasteiger partial charge in [0.15, 0.2) is 0 Å². The van der Waals surface area contributed by atoms with Gasteiger partial charge in [-0.1, -0.05) is 18.2 Å². The fourth-order valence-electron chi connectivity index (χ4n) is 3.65. The second-order valence-corrected chi connectivity index (χ2v) is 7.07. The van der Waals surface area contributed by atoms with Crippen LogP contribution in [0, 0.1) is 0 Å². The van der Waals surface area contributed by atoms with Gasteiger partial charge in [-0.05, 0) is 31.7 Å². The molecule has 2 atom stereocenters. The molecule has 0 bridgehead atoms. The Morgan fingerprint density at radius 3 is 3.04 bits per heavy atom. The van der Waals surface area contributed by atoms with Crippen LogP contribution in [0.15, 0.2) is 35.8 Å². The number of aromatic nitrogens is 1. The number of thiazole rings is 1. The van der Waals surface area contributed by atoms with Gasteiger partial charge in [-0.25, -0.2) is 4.98 Å². The van der Waals surface area contributed by atoms with E-state index in [1.807, 2.05) is 35.8 Å².